The summed E-state index contributed by atoms with van der Waals surface area (Å²) in [5.41, 5.74) is 2.41. The first-order chi connectivity index (χ1) is 16.5. The molecule has 0 spiro atoms. The lowest BCUT2D eigenvalue weighted by Crippen LogP contribution is -2.37. The van der Waals surface area contributed by atoms with Crippen molar-refractivity contribution in [2.45, 2.75) is 44.8 Å². The quantitative estimate of drug-likeness (QED) is 0.437. The minimum Gasteiger partial charge on any atom is -0.458 e. The number of aromatic nitrogens is 4. The molecule has 2 atom stereocenters. The van der Waals surface area contributed by atoms with Crippen LogP contribution in [0, 0.1) is 0 Å². The Bertz CT molecular complexity index is 1110. The number of carbonyl (C=O) groups excluding carboxylic acids is 1. The second-order valence-corrected chi connectivity index (χ2v) is 8.74. The lowest BCUT2D eigenvalue weighted by Gasteiger charge is -2.33. The lowest BCUT2D eigenvalue weighted by atomic mass is 9.89. The van der Waals surface area contributed by atoms with Crippen molar-refractivity contribution in [2.24, 2.45) is 0 Å². The fraction of sp³-hybridized carbons (Fsp3) is 0.500. The molecule has 0 aliphatic carbocycles. The number of anilines is 1. The number of fused-ring (bicyclic) bond motifs is 1. The number of nitrogens with one attached hydrogen (secondary N) is 2. The van der Waals surface area contributed by atoms with E-state index in [-0.39, 0.29) is 36.4 Å². The number of aromatic amines is 1. The second-order valence-electron chi connectivity index (χ2n) is 8.74. The minimum absolute atomic E-state index is 0.133. The van der Waals surface area contributed by atoms with E-state index in [0.717, 1.165) is 31.6 Å². The molecule has 3 aromatic heterocycles. The maximum Gasteiger partial charge on any atom is 0.319 e. The largest absolute Gasteiger partial charge is 0.458 e. The maximum absolute atomic E-state index is 12.7. The van der Waals surface area contributed by atoms with Crippen molar-refractivity contribution in [3.8, 4) is 6.01 Å². The molecule has 1 fully saturated rings. The van der Waals surface area contributed by atoms with E-state index in [1.807, 2.05) is 13.0 Å². The van der Waals surface area contributed by atoms with Crippen LogP contribution in [0.15, 0.2) is 30.6 Å². The molecule has 1 amide bonds. The summed E-state index contributed by atoms with van der Waals surface area (Å²) in [4.78, 5) is 31.4. The smallest absolute Gasteiger partial charge is 0.319 e. The van der Waals surface area contributed by atoms with E-state index < -0.39 is 0 Å². The molecule has 4 rings (SSSR count). The molecule has 182 valence electrons. The van der Waals surface area contributed by atoms with Gasteiger partial charge in [-0.2, -0.15) is 9.97 Å². The number of pyridine rings is 1. The molecule has 1 aliphatic heterocycles. The molecule has 34 heavy (non-hydrogen) atoms. The van der Waals surface area contributed by atoms with Gasteiger partial charge in [-0.15, -0.1) is 0 Å². The van der Waals surface area contributed by atoms with Crippen molar-refractivity contribution in [1.82, 2.24) is 25.3 Å². The summed E-state index contributed by atoms with van der Waals surface area (Å²) in [7, 11) is 1.60. The van der Waals surface area contributed by atoms with E-state index in [2.05, 4.69) is 42.4 Å². The number of piperidine rings is 1. The molecule has 0 aromatic carbocycles. The number of rotatable bonds is 9. The first-order valence-electron chi connectivity index (χ1n) is 11.6. The van der Waals surface area contributed by atoms with Crippen molar-refractivity contribution in [3.63, 3.8) is 0 Å². The van der Waals surface area contributed by atoms with E-state index in [4.69, 9.17) is 9.47 Å². The van der Waals surface area contributed by atoms with Gasteiger partial charge in [-0.1, -0.05) is 0 Å². The Kier molecular flexibility index (Phi) is 7.59. The highest BCUT2D eigenvalue weighted by atomic mass is 16.5. The van der Waals surface area contributed by atoms with Gasteiger partial charge in [-0.05, 0) is 50.3 Å². The van der Waals surface area contributed by atoms with Crippen molar-refractivity contribution in [2.75, 3.05) is 38.3 Å². The van der Waals surface area contributed by atoms with Gasteiger partial charge in [0.2, 0.25) is 0 Å². The maximum atomic E-state index is 12.7. The zero-order chi connectivity index (χ0) is 24.1. The Morgan fingerprint density at radius 2 is 2.12 bits per heavy atom. The van der Waals surface area contributed by atoms with Crippen LogP contribution in [-0.2, 0) is 4.74 Å². The first-order valence-corrected chi connectivity index (χ1v) is 11.6. The Balaban J connectivity index is 1.52. The number of nitrogens with zero attached hydrogens (tertiary/aromatic N) is 4. The van der Waals surface area contributed by atoms with Gasteiger partial charge in [-0.3, -0.25) is 4.79 Å². The molecule has 1 saturated heterocycles. The van der Waals surface area contributed by atoms with E-state index >= 15 is 0 Å². The molecular weight excluding hydrogens is 436 g/mol. The fourth-order valence-electron chi connectivity index (χ4n) is 4.27. The highest BCUT2D eigenvalue weighted by Gasteiger charge is 2.25. The van der Waals surface area contributed by atoms with Gasteiger partial charge >= 0.3 is 6.01 Å². The number of hydrogen-bond donors (Lipinski definition) is 3. The fourth-order valence-corrected chi connectivity index (χ4v) is 4.27. The van der Waals surface area contributed by atoms with Crippen LogP contribution in [0.3, 0.4) is 0 Å². The summed E-state index contributed by atoms with van der Waals surface area (Å²) >= 11 is 0. The van der Waals surface area contributed by atoms with Crippen LogP contribution in [-0.4, -0.2) is 76.5 Å². The van der Waals surface area contributed by atoms with Crippen molar-refractivity contribution in [3.05, 3.63) is 41.9 Å². The minimum atomic E-state index is -0.385. The Morgan fingerprint density at radius 3 is 2.85 bits per heavy atom. The highest BCUT2D eigenvalue weighted by molar-refractivity contribution is 5.93. The standard InChI is InChI=1S/C24H32N6O4/c1-15(13-31)27-23(32)20-11-21(29-24(28-20)34-16(2)14-33-3)30-9-6-17(7-10-30)19-12-26-22-18(19)5-4-8-25-22/h4-5,8,11-12,15-17,31H,6-7,9-10,13-14H2,1-3H3,(H,25,26)(H,27,32)/t15-,16-/m1/s1. The van der Waals surface area contributed by atoms with Gasteiger partial charge in [0.25, 0.3) is 5.91 Å². The molecule has 1 aliphatic rings. The first kappa shape index (κ1) is 23.9. The third kappa shape index (κ3) is 5.45. The molecule has 3 N–H and O–H groups in total. The van der Waals surface area contributed by atoms with Gasteiger partial charge in [0.15, 0.2) is 0 Å². The van der Waals surface area contributed by atoms with Gasteiger partial charge in [0.1, 0.15) is 23.3 Å². The third-order valence-corrected chi connectivity index (χ3v) is 6.03. The second kappa shape index (κ2) is 10.8. The number of aliphatic hydroxyl groups is 1. The molecular formula is C24H32N6O4. The number of carbonyl (C=O) groups is 1. The number of amides is 1. The average Bonchev–Trinajstić information content (AvgIpc) is 3.28. The van der Waals surface area contributed by atoms with Gasteiger partial charge in [-0.25, -0.2) is 4.98 Å². The molecule has 0 bridgehead atoms. The van der Waals surface area contributed by atoms with Crippen LogP contribution >= 0.6 is 0 Å². The summed E-state index contributed by atoms with van der Waals surface area (Å²) in [5, 5.41) is 13.2. The number of ether oxygens (including phenoxy) is 2. The molecule has 3 aromatic rings. The van der Waals surface area contributed by atoms with Crippen LogP contribution in [0.2, 0.25) is 0 Å². The number of aliphatic hydroxyl groups excluding tert-OH is 1. The average molecular weight is 469 g/mol. The number of hydrogen-bond acceptors (Lipinski definition) is 8. The van der Waals surface area contributed by atoms with Gasteiger partial charge < -0.3 is 29.8 Å². The third-order valence-electron chi connectivity index (χ3n) is 6.03. The van der Waals surface area contributed by atoms with Crippen LogP contribution in [0.5, 0.6) is 6.01 Å². The van der Waals surface area contributed by atoms with E-state index in [1.54, 1.807) is 26.3 Å². The van der Waals surface area contributed by atoms with Crippen LogP contribution < -0.4 is 15.0 Å². The normalized spacial score (nSPS) is 16.4. The molecule has 0 saturated carbocycles. The number of H-pyrrole nitrogens is 1. The highest BCUT2D eigenvalue weighted by Crippen LogP contribution is 2.34. The molecule has 0 unspecified atom stereocenters. The molecule has 4 heterocycles. The summed E-state index contributed by atoms with van der Waals surface area (Å²) in [6, 6.07) is 5.50. The van der Waals surface area contributed by atoms with Crippen LogP contribution in [0.1, 0.15) is 48.7 Å². The Hall–Kier alpha value is -3.24. The van der Waals surface area contributed by atoms with E-state index in [1.165, 1.54) is 10.9 Å². The summed E-state index contributed by atoms with van der Waals surface area (Å²) in [6.07, 6.45) is 5.49. The predicted molar refractivity (Wildman–Crippen MR) is 128 cm³/mol. The van der Waals surface area contributed by atoms with E-state index in [0.29, 0.717) is 18.3 Å². The summed E-state index contributed by atoms with van der Waals surface area (Å²) in [6.45, 7) is 5.37. The van der Waals surface area contributed by atoms with Crippen molar-refractivity contribution >= 4 is 22.8 Å². The Morgan fingerprint density at radius 1 is 1.32 bits per heavy atom. The number of methoxy groups -OCH3 is 1. The monoisotopic (exact) mass is 468 g/mol. The SMILES string of the molecule is COC[C@@H](C)Oc1nc(C(=O)N[C@H](C)CO)cc(N2CCC(c3c[nH]c4ncccc34)CC2)n1. The summed E-state index contributed by atoms with van der Waals surface area (Å²) in [5.74, 6) is 0.688. The van der Waals surface area contributed by atoms with Gasteiger partial charge in [0.05, 0.1) is 13.2 Å². The summed E-state index contributed by atoms with van der Waals surface area (Å²) < 4.78 is 11.0. The topological polar surface area (TPSA) is 125 Å². The molecule has 0 radical (unpaired) electrons. The molecule has 10 heteroatoms. The van der Waals surface area contributed by atoms with Crippen molar-refractivity contribution in [1.29, 1.82) is 0 Å². The Labute approximate surface area is 198 Å². The predicted octanol–water partition coefficient (Wildman–Crippen LogP) is 2.26. The van der Waals surface area contributed by atoms with Gasteiger partial charge in [0, 0.05) is 50.1 Å². The molecule has 10 nitrogen and oxygen atoms in total. The zero-order valence-corrected chi connectivity index (χ0v) is 19.8. The van der Waals surface area contributed by atoms with Crippen molar-refractivity contribution < 1.29 is 19.4 Å². The lowest BCUT2D eigenvalue weighted by molar-refractivity contribution is 0.0839. The van der Waals surface area contributed by atoms with Crippen LogP contribution in [0.4, 0.5) is 5.82 Å². The van der Waals surface area contributed by atoms with E-state index in [9.17, 15) is 9.90 Å². The zero-order valence-electron chi connectivity index (χ0n) is 19.8. The van der Waals surface area contributed by atoms with Crippen LogP contribution in [0.25, 0.3) is 11.0 Å².